The van der Waals surface area contributed by atoms with Gasteiger partial charge in [0.1, 0.15) is 0 Å². The Bertz CT molecular complexity index is 879. The fourth-order valence-corrected chi connectivity index (χ4v) is 4.79. The van der Waals surface area contributed by atoms with Crippen LogP contribution in [0, 0.1) is 0 Å². The number of carbonyl (C=O) groups excluding carboxylic acids is 1. The lowest BCUT2D eigenvalue weighted by Crippen LogP contribution is -2.64. The molecule has 31 heavy (non-hydrogen) atoms. The van der Waals surface area contributed by atoms with Crippen LogP contribution in [0.25, 0.3) is 0 Å². The van der Waals surface area contributed by atoms with Crippen LogP contribution >= 0.6 is 0 Å². The van der Waals surface area contributed by atoms with Gasteiger partial charge in [0.05, 0.1) is 24.5 Å². The lowest BCUT2D eigenvalue weighted by Gasteiger charge is -2.46. The Kier molecular flexibility index (Phi) is 6.06. The summed E-state index contributed by atoms with van der Waals surface area (Å²) in [5, 5.41) is 3.24. The van der Waals surface area contributed by atoms with Crippen molar-refractivity contribution in [3.05, 3.63) is 60.2 Å². The van der Waals surface area contributed by atoms with Gasteiger partial charge < -0.3 is 19.9 Å². The molecule has 0 aromatic heterocycles. The number of anilines is 2. The maximum Gasteiger partial charge on any atom is 0.256 e. The number of amides is 1. The van der Waals surface area contributed by atoms with Gasteiger partial charge in [0.15, 0.2) is 6.29 Å². The molecule has 2 aromatic rings. The van der Waals surface area contributed by atoms with E-state index in [1.54, 1.807) is 0 Å². The predicted octanol–water partition coefficient (Wildman–Crippen LogP) is 1.67. The second-order valence-electron chi connectivity index (χ2n) is 8.37. The molecule has 7 nitrogen and oxygen atoms in total. The number of hydrogen-bond acceptors (Lipinski definition) is 6. The van der Waals surface area contributed by atoms with Crippen molar-refractivity contribution in [2.24, 2.45) is 0 Å². The smallest absolute Gasteiger partial charge is 0.256 e. The van der Waals surface area contributed by atoms with E-state index >= 15 is 0 Å². The van der Waals surface area contributed by atoms with Gasteiger partial charge in [-0.2, -0.15) is 0 Å². The molecule has 1 atom stereocenters. The first-order valence-corrected chi connectivity index (χ1v) is 11.3. The molecule has 7 heteroatoms. The normalized spacial score (nSPS) is 22.8. The molecule has 164 valence electrons. The summed E-state index contributed by atoms with van der Waals surface area (Å²) in [6, 6.07) is 18.6. The third-order valence-corrected chi connectivity index (χ3v) is 6.56. The van der Waals surface area contributed by atoms with Crippen LogP contribution < -0.4 is 15.1 Å². The summed E-state index contributed by atoms with van der Waals surface area (Å²) in [6.45, 7) is 9.15. The van der Waals surface area contributed by atoms with E-state index in [-0.39, 0.29) is 12.2 Å². The number of morpholine rings is 1. The molecule has 0 spiro atoms. The molecular formula is C24H31N5O2. The number of ether oxygens (including phenoxy) is 1. The fraction of sp³-hybridized carbons (Fsp3) is 0.458. The van der Waals surface area contributed by atoms with E-state index in [1.807, 2.05) is 18.2 Å². The minimum Gasteiger partial charge on any atom is -0.379 e. The molecule has 1 unspecified atom stereocenters. The molecule has 2 aromatic carbocycles. The summed E-state index contributed by atoms with van der Waals surface area (Å²) in [4.78, 5) is 22.4. The van der Waals surface area contributed by atoms with E-state index in [2.05, 4.69) is 61.3 Å². The highest BCUT2D eigenvalue weighted by Gasteiger charge is 2.35. The minimum absolute atomic E-state index is 0.0137. The van der Waals surface area contributed by atoms with Crippen LogP contribution in [0.3, 0.4) is 0 Å². The van der Waals surface area contributed by atoms with Crippen LogP contribution in [0.5, 0.6) is 0 Å². The Hall–Kier alpha value is -2.61. The topological polar surface area (TPSA) is 51.3 Å². The van der Waals surface area contributed by atoms with Crippen molar-refractivity contribution in [1.29, 1.82) is 0 Å². The summed E-state index contributed by atoms with van der Waals surface area (Å²) in [5.74, 6) is 0.0137. The average Bonchev–Trinajstić information content (AvgIpc) is 2.85. The van der Waals surface area contributed by atoms with Crippen LogP contribution in [0.1, 0.15) is 10.4 Å². The molecule has 1 amide bonds. The van der Waals surface area contributed by atoms with Gasteiger partial charge in [-0.25, -0.2) is 0 Å². The van der Waals surface area contributed by atoms with Crippen LogP contribution in [-0.2, 0) is 4.74 Å². The van der Waals surface area contributed by atoms with Crippen LogP contribution in [0.4, 0.5) is 11.4 Å². The average molecular weight is 422 g/mol. The predicted molar refractivity (Wildman–Crippen MR) is 123 cm³/mol. The first-order valence-electron chi connectivity index (χ1n) is 11.3. The van der Waals surface area contributed by atoms with Crippen molar-refractivity contribution >= 4 is 17.3 Å². The lowest BCUT2D eigenvalue weighted by atomic mass is 10.1. The monoisotopic (exact) mass is 421 g/mol. The van der Waals surface area contributed by atoms with E-state index in [9.17, 15) is 4.79 Å². The van der Waals surface area contributed by atoms with E-state index in [0.29, 0.717) is 13.2 Å². The number of benzene rings is 2. The summed E-state index contributed by atoms with van der Waals surface area (Å²) in [7, 11) is 0. The van der Waals surface area contributed by atoms with Gasteiger partial charge in [-0.3, -0.25) is 14.6 Å². The molecule has 1 N–H and O–H groups in total. The van der Waals surface area contributed by atoms with Gasteiger partial charge in [0, 0.05) is 58.0 Å². The summed E-state index contributed by atoms with van der Waals surface area (Å²) >= 11 is 0. The Labute approximate surface area is 184 Å². The molecule has 0 bridgehead atoms. The number of rotatable bonds is 5. The largest absolute Gasteiger partial charge is 0.379 e. The van der Waals surface area contributed by atoms with Crippen LogP contribution in [0.2, 0.25) is 0 Å². The second kappa shape index (κ2) is 9.26. The maximum atomic E-state index is 12.7. The standard InChI is InChI=1S/C24H31N5O2/c30-23-21-8-4-5-9-22(21)29(24(25-23)28-16-18-31-19-17-28)15-12-26-10-13-27(14-11-26)20-6-2-1-3-7-20/h1-9,24H,10-19H2,(H,25,30). The summed E-state index contributed by atoms with van der Waals surface area (Å²) < 4.78 is 5.54. The molecular weight excluding hydrogens is 390 g/mol. The molecule has 3 aliphatic heterocycles. The zero-order valence-corrected chi connectivity index (χ0v) is 17.9. The Morgan fingerprint density at radius 3 is 2.32 bits per heavy atom. The van der Waals surface area contributed by atoms with Crippen molar-refractivity contribution in [1.82, 2.24) is 15.1 Å². The minimum atomic E-state index is -0.114. The molecule has 3 aliphatic rings. The highest BCUT2D eigenvalue weighted by Crippen LogP contribution is 2.27. The Morgan fingerprint density at radius 1 is 0.839 bits per heavy atom. The third kappa shape index (κ3) is 4.39. The number of hydrogen-bond donors (Lipinski definition) is 1. The van der Waals surface area contributed by atoms with Crippen molar-refractivity contribution in [3.63, 3.8) is 0 Å². The SMILES string of the molecule is O=C1NC(N2CCOCC2)N(CCN2CCN(c3ccccc3)CC2)c2ccccc21. The number of piperazine rings is 1. The van der Waals surface area contributed by atoms with Gasteiger partial charge in [-0.15, -0.1) is 0 Å². The van der Waals surface area contributed by atoms with Crippen molar-refractivity contribution in [2.45, 2.75) is 6.29 Å². The number of nitrogens with one attached hydrogen (secondary N) is 1. The Balaban J connectivity index is 1.26. The van der Waals surface area contributed by atoms with Crippen molar-refractivity contribution in [2.75, 3.05) is 75.4 Å². The first kappa shape index (κ1) is 20.3. The van der Waals surface area contributed by atoms with Crippen LogP contribution in [-0.4, -0.2) is 87.6 Å². The molecule has 5 rings (SSSR count). The number of nitrogens with zero attached hydrogens (tertiary/aromatic N) is 4. The van der Waals surface area contributed by atoms with Gasteiger partial charge in [-0.05, 0) is 24.3 Å². The van der Waals surface area contributed by atoms with Gasteiger partial charge in [0.25, 0.3) is 5.91 Å². The molecule has 3 heterocycles. The molecule has 0 aliphatic carbocycles. The van der Waals surface area contributed by atoms with Crippen LogP contribution in [0.15, 0.2) is 54.6 Å². The van der Waals surface area contributed by atoms with E-state index < -0.39 is 0 Å². The first-order chi connectivity index (χ1) is 15.3. The highest BCUT2D eigenvalue weighted by molar-refractivity contribution is 6.01. The van der Waals surface area contributed by atoms with Crippen molar-refractivity contribution < 1.29 is 9.53 Å². The lowest BCUT2D eigenvalue weighted by molar-refractivity contribution is 0.00677. The van der Waals surface area contributed by atoms with E-state index in [1.165, 1.54) is 5.69 Å². The molecule has 0 radical (unpaired) electrons. The fourth-order valence-electron chi connectivity index (χ4n) is 4.79. The Morgan fingerprint density at radius 2 is 1.55 bits per heavy atom. The zero-order chi connectivity index (χ0) is 21.0. The van der Waals surface area contributed by atoms with Gasteiger partial charge in [0.2, 0.25) is 0 Å². The second-order valence-corrected chi connectivity index (χ2v) is 8.37. The zero-order valence-electron chi connectivity index (χ0n) is 17.9. The maximum absolute atomic E-state index is 12.7. The molecule has 2 fully saturated rings. The quantitative estimate of drug-likeness (QED) is 0.793. The molecule has 0 saturated carbocycles. The van der Waals surface area contributed by atoms with Gasteiger partial charge in [-0.1, -0.05) is 30.3 Å². The van der Waals surface area contributed by atoms with Gasteiger partial charge >= 0.3 is 0 Å². The van der Waals surface area contributed by atoms with E-state index in [0.717, 1.165) is 63.6 Å². The summed E-state index contributed by atoms with van der Waals surface area (Å²) in [6.07, 6.45) is -0.114. The highest BCUT2D eigenvalue weighted by atomic mass is 16.5. The number of carbonyl (C=O) groups is 1. The number of fused-ring (bicyclic) bond motifs is 1. The van der Waals surface area contributed by atoms with Crippen molar-refractivity contribution in [3.8, 4) is 0 Å². The third-order valence-electron chi connectivity index (χ3n) is 6.56. The number of para-hydroxylation sites is 2. The van der Waals surface area contributed by atoms with E-state index in [4.69, 9.17) is 4.74 Å². The summed E-state index contributed by atoms with van der Waals surface area (Å²) in [5.41, 5.74) is 3.11. The molecule has 2 saturated heterocycles.